The Kier molecular flexibility index (Phi) is 6.64. The molecule has 3 amide bonds. The van der Waals surface area contributed by atoms with Crippen LogP contribution in [0.5, 0.6) is 0 Å². The summed E-state index contributed by atoms with van der Waals surface area (Å²) in [6.07, 6.45) is 2.07. The van der Waals surface area contributed by atoms with Gasteiger partial charge in [0.25, 0.3) is 5.91 Å². The lowest BCUT2D eigenvalue weighted by atomic mass is 10.1. The minimum absolute atomic E-state index is 0.145. The smallest absolute Gasteiger partial charge is 0.322 e. The van der Waals surface area contributed by atoms with Gasteiger partial charge < -0.3 is 20.3 Å². The number of nitrogens with zero attached hydrogens (tertiary/aromatic N) is 2. The van der Waals surface area contributed by atoms with Crippen LogP contribution in [0.2, 0.25) is 0 Å². The lowest BCUT2D eigenvalue weighted by molar-refractivity contribution is 0.0946. The first-order valence-corrected chi connectivity index (χ1v) is 10.2. The molecule has 0 aliphatic heterocycles. The number of carbonyl (C=O) groups excluding carboxylic acids is 2. The summed E-state index contributed by atoms with van der Waals surface area (Å²) in [5.74, 6) is -0.145. The van der Waals surface area contributed by atoms with Crippen LogP contribution in [0.3, 0.4) is 0 Å². The number of amides is 3. The molecule has 2 aromatic rings. The maximum atomic E-state index is 12.9. The zero-order chi connectivity index (χ0) is 20.1. The highest BCUT2D eigenvalue weighted by atomic mass is 32.1. The fraction of sp³-hybridized carbons (Fsp3) is 0.450. The molecule has 1 aromatic carbocycles. The maximum Gasteiger partial charge on any atom is 0.322 e. The molecule has 1 saturated carbocycles. The normalized spacial score (nSPS) is 13.2. The predicted octanol–water partition coefficient (Wildman–Crippen LogP) is 3.33. The molecular formula is C20H26N4O3S. The number of hydrogen-bond donors (Lipinski definition) is 2. The summed E-state index contributed by atoms with van der Waals surface area (Å²) in [6.45, 7) is 5.10. The summed E-state index contributed by atoms with van der Waals surface area (Å²) in [5, 5.41) is 8.39. The lowest BCUT2D eigenvalue weighted by Crippen LogP contribution is -2.37. The van der Waals surface area contributed by atoms with Crippen molar-refractivity contribution in [3.63, 3.8) is 0 Å². The van der Waals surface area contributed by atoms with Crippen molar-refractivity contribution in [1.29, 1.82) is 0 Å². The maximum absolute atomic E-state index is 12.9. The van der Waals surface area contributed by atoms with E-state index in [9.17, 15) is 9.59 Å². The first-order chi connectivity index (χ1) is 13.5. The Hall–Kier alpha value is -2.45. The van der Waals surface area contributed by atoms with Crippen molar-refractivity contribution in [3.05, 3.63) is 45.4 Å². The van der Waals surface area contributed by atoms with Gasteiger partial charge in [0, 0.05) is 30.8 Å². The van der Waals surface area contributed by atoms with Gasteiger partial charge in [-0.15, -0.1) is 11.3 Å². The Morgan fingerprint density at radius 2 is 2.00 bits per heavy atom. The van der Waals surface area contributed by atoms with Crippen LogP contribution >= 0.6 is 11.3 Å². The van der Waals surface area contributed by atoms with Gasteiger partial charge in [0.1, 0.15) is 10.7 Å². The fourth-order valence-corrected chi connectivity index (χ4v) is 3.58. The molecule has 2 N–H and O–H groups in total. The molecule has 1 aliphatic rings. The highest BCUT2D eigenvalue weighted by Gasteiger charge is 2.25. The molecule has 0 bridgehead atoms. The molecule has 0 radical (unpaired) electrons. The summed E-state index contributed by atoms with van der Waals surface area (Å²) < 4.78 is 5.15. The third kappa shape index (κ3) is 5.30. The third-order valence-electron chi connectivity index (χ3n) is 4.59. The number of anilines is 1. The van der Waals surface area contributed by atoms with Gasteiger partial charge in [-0.25, -0.2) is 9.78 Å². The summed E-state index contributed by atoms with van der Waals surface area (Å²) in [5.41, 5.74) is 3.24. The Morgan fingerprint density at radius 1 is 1.29 bits per heavy atom. The second-order valence-electron chi connectivity index (χ2n) is 6.99. The Morgan fingerprint density at radius 3 is 2.64 bits per heavy atom. The summed E-state index contributed by atoms with van der Waals surface area (Å²) >= 11 is 1.38. The molecule has 28 heavy (non-hydrogen) atoms. The monoisotopic (exact) mass is 402 g/mol. The fourth-order valence-electron chi connectivity index (χ4n) is 2.79. The highest BCUT2D eigenvalue weighted by molar-refractivity contribution is 7.09. The molecule has 7 nitrogen and oxygen atoms in total. The topological polar surface area (TPSA) is 83.6 Å². The number of nitrogens with one attached hydrogen (secondary N) is 2. The second kappa shape index (κ2) is 9.16. The molecule has 1 heterocycles. The van der Waals surface area contributed by atoms with Crippen molar-refractivity contribution < 1.29 is 14.3 Å². The molecule has 0 unspecified atom stereocenters. The van der Waals surface area contributed by atoms with E-state index in [1.165, 1.54) is 11.3 Å². The van der Waals surface area contributed by atoms with Crippen LogP contribution in [-0.4, -0.2) is 48.1 Å². The van der Waals surface area contributed by atoms with Crippen molar-refractivity contribution in [3.8, 4) is 0 Å². The van der Waals surface area contributed by atoms with Crippen LogP contribution in [0.1, 0.15) is 39.5 Å². The van der Waals surface area contributed by atoms with E-state index in [2.05, 4.69) is 15.6 Å². The van der Waals surface area contributed by atoms with E-state index in [1.807, 2.05) is 32.0 Å². The van der Waals surface area contributed by atoms with E-state index in [-0.39, 0.29) is 11.9 Å². The average Bonchev–Trinajstić information content (AvgIpc) is 3.35. The minimum Gasteiger partial charge on any atom is -0.383 e. The van der Waals surface area contributed by atoms with Gasteiger partial charge in [0.2, 0.25) is 0 Å². The number of urea groups is 1. The highest BCUT2D eigenvalue weighted by Crippen LogP contribution is 2.22. The van der Waals surface area contributed by atoms with Crippen molar-refractivity contribution in [2.75, 3.05) is 25.6 Å². The quantitative estimate of drug-likeness (QED) is 0.709. The molecule has 0 spiro atoms. The van der Waals surface area contributed by atoms with Gasteiger partial charge in [-0.3, -0.25) is 4.79 Å². The molecule has 1 aromatic heterocycles. The molecule has 0 atom stereocenters. The number of carbonyl (C=O) groups is 2. The van der Waals surface area contributed by atoms with Gasteiger partial charge >= 0.3 is 6.03 Å². The van der Waals surface area contributed by atoms with Crippen LogP contribution in [0, 0.1) is 13.8 Å². The Bertz CT molecular complexity index is 827. The molecule has 1 fully saturated rings. The van der Waals surface area contributed by atoms with E-state index >= 15 is 0 Å². The first-order valence-electron chi connectivity index (χ1n) is 9.34. The van der Waals surface area contributed by atoms with Crippen LogP contribution < -0.4 is 10.6 Å². The van der Waals surface area contributed by atoms with Crippen LogP contribution in [0.25, 0.3) is 0 Å². The minimum atomic E-state index is -0.214. The zero-order valence-corrected chi connectivity index (χ0v) is 17.3. The number of aryl methyl sites for hydroxylation is 2. The number of rotatable bonds is 8. The zero-order valence-electron chi connectivity index (χ0n) is 16.4. The number of methoxy groups -OCH3 is 1. The van der Waals surface area contributed by atoms with Crippen molar-refractivity contribution in [2.24, 2.45) is 0 Å². The van der Waals surface area contributed by atoms with Crippen LogP contribution in [0.4, 0.5) is 10.5 Å². The van der Waals surface area contributed by atoms with E-state index in [4.69, 9.17) is 4.74 Å². The lowest BCUT2D eigenvalue weighted by Gasteiger charge is -2.23. The van der Waals surface area contributed by atoms with E-state index in [0.717, 1.165) is 29.7 Å². The Labute approximate surface area is 169 Å². The average molecular weight is 403 g/mol. The summed E-state index contributed by atoms with van der Waals surface area (Å²) in [4.78, 5) is 31.1. The van der Waals surface area contributed by atoms with Gasteiger partial charge in [0.05, 0.1) is 13.2 Å². The number of para-hydroxylation sites is 1. The number of aromatic nitrogens is 1. The largest absolute Gasteiger partial charge is 0.383 e. The van der Waals surface area contributed by atoms with Gasteiger partial charge in [-0.1, -0.05) is 18.2 Å². The number of hydrogen-bond acceptors (Lipinski definition) is 5. The summed E-state index contributed by atoms with van der Waals surface area (Å²) in [7, 11) is 1.60. The van der Waals surface area contributed by atoms with Crippen LogP contribution in [-0.2, 0) is 11.3 Å². The number of benzene rings is 1. The SMILES string of the molecule is COCCN(Cc1nc(C(=O)NC2CC2)cs1)C(=O)Nc1c(C)cccc1C. The molecular weight excluding hydrogens is 376 g/mol. The predicted molar refractivity (Wildman–Crippen MR) is 110 cm³/mol. The molecule has 3 rings (SSSR count). The Balaban J connectivity index is 1.68. The first kappa shape index (κ1) is 20.3. The van der Waals surface area contributed by atoms with E-state index < -0.39 is 0 Å². The van der Waals surface area contributed by atoms with E-state index in [1.54, 1.807) is 17.4 Å². The van der Waals surface area contributed by atoms with Gasteiger partial charge in [-0.05, 0) is 37.8 Å². The molecule has 0 saturated heterocycles. The van der Waals surface area contributed by atoms with Crippen molar-refractivity contribution in [2.45, 2.75) is 39.3 Å². The van der Waals surface area contributed by atoms with Gasteiger partial charge in [0.15, 0.2) is 0 Å². The summed E-state index contributed by atoms with van der Waals surface area (Å²) in [6, 6.07) is 5.97. The van der Waals surface area contributed by atoms with Crippen molar-refractivity contribution >= 4 is 29.0 Å². The van der Waals surface area contributed by atoms with Crippen LogP contribution in [0.15, 0.2) is 23.6 Å². The number of ether oxygens (including phenoxy) is 1. The molecule has 8 heteroatoms. The standard InChI is InChI=1S/C20H26N4O3S/c1-13-5-4-6-14(2)18(13)23-20(26)24(9-10-27-3)11-17-22-16(12-28-17)19(25)21-15-7-8-15/h4-6,12,15H,7-11H2,1-3H3,(H,21,25)(H,23,26). The molecule has 1 aliphatic carbocycles. The molecule has 150 valence electrons. The van der Waals surface area contributed by atoms with Crippen molar-refractivity contribution in [1.82, 2.24) is 15.2 Å². The third-order valence-corrected chi connectivity index (χ3v) is 5.42. The number of thiazole rings is 1. The van der Waals surface area contributed by atoms with Gasteiger partial charge in [-0.2, -0.15) is 0 Å². The second-order valence-corrected chi connectivity index (χ2v) is 7.93. The van der Waals surface area contributed by atoms with E-state index in [0.29, 0.717) is 36.4 Å².